The summed E-state index contributed by atoms with van der Waals surface area (Å²) < 4.78 is 1.93. The first kappa shape index (κ1) is 17.0. The Morgan fingerprint density at radius 3 is 3.00 bits per heavy atom. The van der Waals surface area contributed by atoms with Crippen molar-refractivity contribution in [3.8, 4) is 0 Å². The first-order chi connectivity index (χ1) is 11.3. The SMILES string of the molecule is Cl.O=C(NCC1Cc2ccccc21)c1ccn(C2CCCNC2)n1. The van der Waals surface area contributed by atoms with Gasteiger partial charge in [-0.3, -0.25) is 9.48 Å². The molecule has 1 fully saturated rings. The summed E-state index contributed by atoms with van der Waals surface area (Å²) in [5, 5.41) is 10.9. The number of carbonyl (C=O) groups excluding carboxylic acids is 1. The number of piperidine rings is 1. The topological polar surface area (TPSA) is 59.0 Å². The molecule has 1 aromatic heterocycles. The molecule has 0 saturated carbocycles. The third kappa shape index (κ3) is 3.32. The first-order valence-corrected chi connectivity index (χ1v) is 8.43. The minimum atomic E-state index is -0.0723. The molecule has 0 radical (unpaired) electrons. The molecular formula is C18H23ClN4O. The van der Waals surface area contributed by atoms with Crippen LogP contribution in [0.3, 0.4) is 0 Å². The largest absolute Gasteiger partial charge is 0.350 e. The van der Waals surface area contributed by atoms with E-state index in [1.54, 1.807) is 0 Å². The van der Waals surface area contributed by atoms with Crippen molar-refractivity contribution in [2.45, 2.75) is 31.2 Å². The van der Waals surface area contributed by atoms with Crippen molar-refractivity contribution in [2.75, 3.05) is 19.6 Å². The number of nitrogens with one attached hydrogen (secondary N) is 2. The van der Waals surface area contributed by atoms with Gasteiger partial charge in [-0.1, -0.05) is 24.3 Å². The van der Waals surface area contributed by atoms with E-state index in [-0.39, 0.29) is 18.3 Å². The lowest BCUT2D eigenvalue weighted by molar-refractivity contribution is 0.0943. The Bertz CT molecular complexity index is 709. The molecule has 128 valence electrons. The monoisotopic (exact) mass is 346 g/mol. The highest BCUT2D eigenvalue weighted by Gasteiger charge is 2.26. The summed E-state index contributed by atoms with van der Waals surface area (Å²) in [6, 6.07) is 10.6. The molecule has 2 aromatic rings. The normalized spacial score (nSPS) is 22.0. The van der Waals surface area contributed by atoms with Gasteiger partial charge in [0, 0.05) is 25.2 Å². The second-order valence-electron chi connectivity index (χ2n) is 6.49. The number of nitrogens with zero attached hydrogens (tertiary/aromatic N) is 2. The fourth-order valence-corrected chi connectivity index (χ4v) is 3.57. The molecule has 2 aliphatic rings. The van der Waals surface area contributed by atoms with Crippen LogP contribution < -0.4 is 10.6 Å². The van der Waals surface area contributed by atoms with Crippen LogP contribution in [0.2, 0.25) is 0 Å². The lowest BCUT2D eigenvalue weighted by atomic mass is 9.77. The van der Waals surface area contributed by atoms with Crippen LogP contribution in [0, 0.1) is 0 Å². The van der Waals surface area contributed by atoms with Crippen LogP contribution in [0.15, 0.2) is 36.5 Å². The van der Waals surface area contributed by atoms with E-state index in [4.69, 9.17) is 0 Å². The predicted octanol–water partition coefficient (Wildman–Crippen LogP) is 2.30. The summed E-state index contributed by atoms with van der Waals surface area (Å²) in [7, 11) is 0. The van der Waals surface area contributed by atoms with E-state index in [2.05, 4.69) is 40.0 Å². The van der Waals surface area contributed by atoms with Gasteiger partial charge in [-0.25, -0.2) is 0 Å². The van der Waals surface area contributed by atoms with Crippen LogP contribution in [0.1, 0.15) is 46.4 Å². The van der Waals surface area contributed by atoms with Crippen molar-refractivity contribution < 1.29 is 4.79 Å². The minimum Gasteiger partial charge on any atom is -0.350 e. The summed E-state index contributed by atoms with van der Waals surface area (Å²) in [6.07, 6.45) is 5.26. The summed E-state index contributed by atoms with van der Waals surface area (Å²) in [5.41, 5.74) is 3.29. The number of hydrogen-bond donors (Lipinski definition) is 2. The number of aromatic nitrogens is 2. The third-order valence-electron chi connectivity index (χ3n) is 4.96. The maximum absolute atomic E-state index is 12.3. The number of halogens is 1. The van der Waals surface area contributed by atoms with Crippen LogP contribution in [0.25, 0.3) is 0 Å². The van der Waals surface area contributed by atoms with Crippen molar-refractivity contribution in [3.63, 3.8) is 0 Å². The number of rotatable bonds is 4. The Labute approximate surface area is 148 Å². The summed E-state index contributed by atoms with van der Waals surface area (Å²) in [4.78, 5) is 12.3. The van der Waals surface area contributed by atoms with Gasteiger partial charge >= 0.3 is 0 Å². The van der Waals surface area contributed by atoms with E-state index in [1.165, 1.54) is 11.1 Å². The van der Waals surface area contributed by atoms with Crippen molar-refractivity contribution in [3.05, 3.63) is 53.3 Å². The van der Waals surface area contributed by atoms with Gasteiger partial charge in [0.1, 0.15) is 5.69 Å². The second-order valence-corrected chi connectivity index (χ2v) is 6.49. The zero-order valence-electron chi connectivity index (χ0n) is 13.6. The van der Waals surface area contributed by atoms with Crippen molar-refractivity contribution >= 4 is 18.3 Å². The molecule has 0 bridgehead atoms. The van der Waals surface area contributed by atoms with Gasteiger partial charge in [0.15, 0.2) is 0 Å². The average Bonchev–Trinajstić information content (AvgIpc) is 3.06. The van der Waals surface area contributed by atoms with Gasteiger partial charge in [0.25, 0.3) is 5.91 Å². The molecule has 2 atom stereocenters. The zero-order chi connectivity index (χ0) is 15.6. The number of amides is 1. The highest BCUT2D eigenvalue weighted by atomic mass is 35.5. The molecule has 1 aliphatic heterocycles. The van der Waals surface area contributed by atoms with Crippen LogP contribution in [0.4, 0.5) is 0 Å². The lowest BCUT2D eigenvalue weighted by Crippen LogP contribution is -2.34. The highest BCUT2D eigenvalue weighted by Crippen LogP contribution is 2.34. The Morgan fingerprint density at radius 2 is 2.21 bits per heavy atom. The summed E-state index contributed by atoms with van der Waals surface area (Å²) in [5.74, 6) is 0.372. The molecule has 1 amide bonds. The van der Waals surface area contributed by atoms with Crippen molar-refractivity contribution in [2.24, 2.45) is 0 Å². The Kier molecular flexibility index (Phi) is 5.21. The molecular weight excluding hydrogens is 324 g/mol. The van der Waals surface area contributed by atoms with Gasteiger partial charge in [-0.2, -0.15) is 5.10 Å². The molecule has 24 heavy (non-hydrogen) atoms. The van der Waals surface area contributed by atoms with Crippen molar-refractivity contribution in [1.82, 2.24) is 20.4 Å². The Morgan fingerprint density at radius 1 is 1.33 bits per heavy atom. The van der Waals surface area contributed by atoms with Gasteiger partial charge in [-0.15, -0.1) is 12.4 Å². The zero-order valence-corrected chi connectivity index (χ0v) is 14.4. The summed E-state index contributed by atoms with van der Waals surface area (Å²) in [6.45, 7) is 2.70. The van der Waals surface area contributed by atoms with Crippen LogP contribution in [-0.2, 0) is 6.42 Å². The number of carbonyl (C=O) groups is 1. The highest BCUT2D eigenvalue weighted by molar-refractivity contribution is 5.92. The minimum absolute atomic E-state index is 0. The number of benzene rings is 1. The Balaban J connectivity index is 0.00000169. The van der Waals surface area contributed by atoms with E-state index in [0.29, 0.717) is 24.2 Å². The van der Waals surface area contributed by atoms with Crippen molar-refractivity contribution in [1.29, 1.82) is 0 Å². The van der Waals surface area contributed by atoms with E-state index in [9.17, 15) is 4.79 Å². The molecule has 5 nitrogen and oxygen atoms in total. The van der Waals surface area contributed by atoms with E-state index in [0.717, 1.165) is 32.4 Å². The predicted molar refractivity (Wildman–Crippen MR) is 95.8 cm³/mol. The molecule has 1 aromatic carbocycles. The third-order valence-corrected chi connectivity index (χ3v) is 4.96. The molecule has 0 spiro atoms. The quantitative estimate of drug-likeness (QED) is 0.893. The van der Waals surface area contributed by atoms with Crippen LogP contribution in [-0.4, -0.2) is 35.3 Å². The van der Waals surface area contributed by atoms with E-state index < -0.39 is 0 Å². The molecule has 2 N–H and O–H groups in total. The van der Waals surface area contributed by atoms with Crippen LogP contribution >= 0.6 is 12.4 Å². The molecule has 4 rings (SSSR count). The molecule has 2 heterocycles. The van der Waals surface area contributed by atoms with Gasteiger partial charge in [-0.05, 0) is 43.0 Å². The maximum atomic E-state index is 12.3. The number of hydrogen-bond acceptors (Lipinski definition) is 3. The first-order valence-electron chi connectivity index (χ1n) is 8.43. The Hall–Kier alpha value is -1.85. The molecule has 6 heteroatoms. The molecule has 1 aliphatic carbocycles. The van der Waals surface area contributed by atoms with E-state index >= 15 is 0 Å². The van der Waals surface area contributed by atoms with Gasteiger partial charge in [0.2, 0.25) is 0 Å². The maximum Gasteiger partial charge on any atom is 0.271 e. The van der Waals surface area contributed by atoms with Gasteiger partial charge < -0.3 is 10.6 Å². The average molecular weight is 347 g/mol. The smallest absolute Gasteiger partial charge is 0.271 e. The fraction of sp³-hybridized carbons (Fsp3) is 0.444. The number of fused-ring (bicyclic) bond motifs is 1. The lowest BCUT2D eigenvalue weighted by Gasteiger charge is -2.30. The second kappa shape index (κ2) is 7.36. The van der Waals surface area contributed by atoms with Crippen LogP contribution in [0.5, 0.6) is 0 Å². The van der Waals surface area contributed by atoms with Gasteiger partial charge in [0.05, 0.1) is 6.04 Å². The molecule has 1 saturated heterocycles. The summed E-state index contributed by atoms with van der Waals surface area (Å²) >= 11 is 0. The molecule has 2 unspecified atom stereocenters. The fourth-order valence-electron chi connectivity index (χ4n) is 3.57. The standard InChI is InChI=1S/C18H22N4O.ClH/c23-18(20-11-14-10-13-4-1-2-6-16(13)14)17-7-9-22(21-17)15-5-3-8-19-12-15;/h1-2,4,6-7,9,14-15,19H,3,5,8,10-12H2,(H,20,23);1H. The van der Waals surface area contributed by atoms with E-state index in [1.807, 2.05) is 16.9 Å².